The molecule has 0 atom stereocenters. The van der Waals surface area contributed by atoms with Crippen LogP contribution in [0.2, 0.25) is 0 Å². The van der Waals surface area contributed by atoms with Gasteiger partial charge in [-0.05, 0) is 0 Å². The van der Waals surface area contributed by atoms with Gasteiger partial charge in [0.25, 0.3) is 0 Å². The molecule has 1 aliphatic carbocycles. The Balaban J connectivity index is 2.24. The number of amides is 1. The molecule has 1 aliphatic heterocycles. The van der Waals surface area contributed by atoms with Crippen LogP contribution in [0.4, 0.5) is 0 Å². The highest BCUT2D eigenvalue weighted by atomic mass is 16.2. The number of fused-ring (bicyclic) bond motifs is 1. The first kappa shape index (κ1) is 9.03. The Kier molecular flexibility index (Phi) is 1.63. The van der Waals surface area contributed by atoms with Gasteiger partial charge in [-0.15, -0.1) is 0 Å². The first-order valence-corrected chi connectivity index (χ1v) is 4.90. The summed E-state index contributed by atoms with van der Waals surface area (Å²) in [5, 5.41) is 2.45. The van der Waals surface area contributed by atoms with Crippen LogP contribution in [0.3, 0.4) is 0 Å². The van der Waals surface area contributed by atoms with Gasteiger partial charge in [-0.2, -0.15) is 0 Å². The zero-order chi connectivity index (χ0) is 11.3. The highest BCUT2D eigenvalue weighted by Gasteiger charge is 2.37. The van der Waals surface area contributed by atoms with E-state index in [1.807, 2.05) is 0 Å². The van der Waals surface area contributed by atoms with Gasteiger partial charge in [0.15, 0.2) is 5.78 Å². The fourth-order valence-corrected chi connectivity index (χ4v) is 2.07. The number of hydrogen-bond acceptors (Lipinski definition) is 3. The van der Waals surface area contributed by atoms with E-state index in [-0.39, 0.29) is 29.6 Å². The molecule has 1 N–H and O–H groups in total. The van der Waals surface area contributed by atoms with E-state index in [1.165, 1.54) is 0 Å². The normalized spacial score (nSPS) is 18.4. The summed E-state index contributed by atoms with van der Waals surface area (Å²) in [6.45, 7) is 0. The average Bonchev–Trinajstić information content (AvgIpc) is 2.68. The number of rotatable bonds is 0. The van der Waals surface area contributed by atoms with E-state index in [4.69, 9.17) is 0 Å². The second-order valence-electron chi connectivity index (χ2n) is 3.78. The lowest BCUT2D eigenvalue weighted by Gasteiger charge is -2.14. The van der Waals surface area contributed by atoms with Crippen molar-refractivity contribution in [1.29, 1.82) is 0 Å². The number of ketones is 2. The molecule has 4 nitrogen and oxygen atoms in total. The number of hydrogen-bond donors (Lipinski definition) is 1. The maximum Gasteiger partial charge on any atom is 0.229 e. The summed E-state index contributed by atoms with van der Waals surface area (Å²) < 4.78 is 0. The van der Waals surface area contributed by atoms with E-state index in [9.17, 15) is 14.4 Å². The van der Waals surface area contributed by atoms with Crippen molar-refractivity contribution in [3.63, 3.8) is 0 Å². The van der Waals surface area contributed by atoms with Crippen LogP contribution in [0.1, 0.15) is 27.1 Å². The zero-order valence-electron chi connectivity index (χ0n) is 8.24. The van der Waals surface area contributed by atoms with Crippen LogP contribution < -0.4 is 5.32 Å². The fourth-order valence-electron chi connectivity index (χ4n) is 2.07. The molecule has 1 amide bonds. The minimum atomic E-state index is -0.292. The van der Waals surface area contributed by atoms with Crippen LogP contribution in [-0.2, 0) is 4.79 Å². The Labute approximate surface area is 91.0 Å². The summed E-state index contributed by atoms with van der Waals surface area (Å²) in [5.41, 5.74) is 1.22. The molecule has 0 saturated carbocycles. The number of Topliss-reactive ketones (excluding diaryl/α,β-unsaturated/α-hetero) is 2. The molecule has 1 aromatic rings. The number of carbonyl (C=O) groups is 3. The van der Waals surface area contributed by atoms with E-state index in [1.54, 1.807) is 24.3 Å². The van der Waals surface area contributed by atoms with Crippen LogP contribution in [0.15, 0.2) is 35.5 Å². The minimum absolute atomic E-state index is 0.00818. The fraction of sp³-hybridized carbons (Fsp3) is 0.0833. The average molecular weight is 213 g/mol. The lowest BCUT2D eigenvalue weighted by atomic mass is 9.87. The van der Waals surface area contributed by atoms with Crippen molar-refractivity contribution in [3.8, 4) is 0 Å². The van der Waals surface area contributed by atoms with Crippen molar-refractivity contribution in [2.75, 3.05) is 0 Å². The lowest BCUT2D eigenvalue weighted by molar-refractivity contribution is -0.118. The maximum absolute atomic E-state index is 12.0. The minimum Gasteiger partial charge on any atom is -0.322 e. The summed E-state index contributed by atoms with van der Waals surface area (Å²) in [6, 6.07) is 6.62. The molecule has 78 valence electrons. The van der Waals surface area contributed by atoms with Crippen molar-refractivity contribution in [1.82, 2.24) is 5.32 Å². The summed E-state index contributed by atoms with van der Waals surface area (Å²) >= 11 is 0. The molecule has 0 spiro atoms. The topological polar surface area (TPSA) is 63.2 Å². The predicted octanol–water partition coefficient (Wildman–Crippen LogP) is 0.840. The SMILES string of the molecule is O=C1CC2=C(N1)C(=O)c1ccccc1C2=O. The Morgan fingerprint density at radius 3 is 2.25 bits per heavy atom. The maximum atomic E-state index is 12.0. The van der Waals surface area contributed by atoms with Crippen LogP contribution in [0.5, 0.6) is 0 Å². The smallest absolute Gasteiger partial charge is 0.229 e. The summed E-state index contributed by atoms with van der Waals surface area (Å²) in [5.74, 6) is -0.779. The van der Waals surface area contributed by atoms with Gasteiger partial charge in [-0.1, -0.05) is 24.3 Å². The van der Waals surface area contributed by atoms with E-state index in [0.717, 1.165) is 0 Å². The largest absolute Gasteiger partial charge is 0.322 e. The van der Waals surface area contributed by atoms with Crippen molar-refractivity contribution < 1.29 is 14.4 Å². The molecule has 0 radical (unpaired) electrons. The van der Waals surface area contributed by atoms with Gasteiger partial charge in [-0.3, -0.25) is 14.4 Å². The van der Waals surface area contributed by atoms with Gasteiger partial charge in [-0.25, -0.2) is 0 Å². The Morgan fingerprint density at radius 2 is 1.56 bits per heavy atom. The zero-order valence-corrected chi connectivity index (χ0v) is 8.24. The third-order valence-corrected chi connectivity index (χ3v) is 2.82. The number of benzene rings is 1. The molecule has 16 heavy (non-hydrogen) atoms. The van der Waals surface area contributed by atoms with E-state index in [0.29, 0.717) is 16.7 Å². The highest BCUT2D eigenvalue weighted by molar-refractivity contribution is 6.30. The quantitative estimate of drug-likeness (QED) is 0.694. The highest BCUT2D eigenvalue weighted by Crippen LogP contribution is 2.29. The molecule has 0 saturated heterocycles. The van der Waals surface area contributed by atoms with Crippen molar-refractivity contribution in [2.24, 2.45) is 0 Å². The van der Waals surface area contributed by atoms with Crippen LogP contribution >= 0.6 is 0 Å². The molecular weight excluding hydrogens is 206 g/mol. The molecule has 1 heterocycles. The van der Waals surface area contributed by atoms with Crippen molar-refractivity contribution in [2.45, 2.75) is 6.42 Å². The van der Waals surface area contributed by atoms with E-state index < -0.39 is 0 Å². The second kappa shape index (κ2) is 2.88. The number of carbonyl (C=O) groups excluding carboxylic acids is 3. The Morgan fingerprint density at radius 1 is 0.938 bits per heavy atom. The third-order valence-electron chi connectivity index (χ3n) is 2.82. The van der Waals surface area contributed by atoms with E-state index in [2.05, 4.69) is 5.32 Å². The monoisotopic (exact) mass is 213 g/mol. The predicted molar refractivity (Wildman–Crippen MR) is 54.9 cm³/mol. The van der Waals surface area contributed by atoms with E-state index >= 15 is 0 Å². The number of nitrogens with one attached hydrogen (secondary N) is 1. The van der Waals surface area contributed by atoms with Gasteiger partial charge < -0.3 is 5.32 Å². The number of allylic oxidation sites excluding steroid dienone is 1. The van der Waals surface area contributed by atoms with Crippen LogP contribution in [0.25, 0.3) is 0 Å². The van der Waals surface area contributed by atoms with Crippen molar-refractivity contribution in [3.05, 3.63) is 46.7 Å². The molecule has 3 rings (SSSR count). The van der Waals surface area contributed by atoms with Gasteiger partial charge in [0.2, 0.25) is 11.7 Å². The van der Waals surface area contributed by atoms with Crippen LogP contribution in [0, 0.1) is 0 Å². The van der Waals surface area contributed by atoms with Crippen molar-refractivity contribution >= 4 is 17.5 Å². The molecule has 2 aliphatic rings. The summed E-state index contributed by atoms with van der Waals surface area (Å²) in [4.78, 5) is 35.1. The molecule has 0 unspecified atom stereocenters. The standard InChI is InChI=1S/C12H7NO3/c14-9-5-8-10(13-9)12(16)7-4-2-1-3-6(7)11(8)15/h1-4H,5H2,(H,13,14). The summed E-state index contributed by atoms with van der Waals surface area (Å²) in [7, 11) is 0. The molecule has 1 aromatic carbocycles. The lowest BCUT2D eigenvalue weighted by Crippen LogP contribution is -2.25. The van der Waals surface area contributed by atoms with Gasteiger partial charge in [0, 0.05) is 16.7 Å². The molecule has 0 aromatic heterocycles. The van der Waals surface area contributed by atoms with Gasteiger partial charge in [0.1, 0.15) is 0 Å². The molecule has 0 bridgehead atoms. The third kappa shape index (κ3) is 1.01. The Bertz CT molecular complexity index is 535. The summed E-state index contributed by atoms with van der Waals surface area (Å²) in [6.07, 6.45) is 0.00818. The first-order chi connectivity index (χ1) is 7.68. The first-order valence-electron chi connectivity index (χ1n) is 4.90. The molecule has 0 fully saturated rings. The Hall–Kier alpha value is -2.23. The molecule has 4 heteroatoms. The van der Waals surface area contributed by atoms with Gasteiger partial charge in [0.05, 0.1) is 12.1 Å². The second-order valence-corrected chi connectivity index (χ2v) is 3.78. The van der Waals surface area contributed by atoms with Crippen LogP contribution in [-0.4, -0.2) is 17.5 Å². The molecular formula is C12H7NO3. The van der Waals surface area contributed by atoms with Gasteiger partial charge >= 0.3 is 0 Å².